The number of imidazole rings is 1. The van der Waals surface area contributed by atoms with Crippen LogP contribution in [0.25, 0.3) is 11.0 Å². The Balaban J connectivity index is 1.38. The Morgan fingerprint density at radius 1 is 1.04 bits per heavy atom. The zero-order valence-corrected chi connectivity index (χ0v) is 14.3. The van der Waals surface area contributed by atoms with Crippen LogP contribution >= 0.6 is 11.8 Å². The van der Waals surface area contributed by atoms with Gasteiger partial charge in [-0.15, -0.1) is 0 Å². The molecule has 1 aromatic heterocycles. The summed E-state index contributed by atoms with van der Waals surface area (Å²) in [4.78, 5) is 31.1. The van der Waals surface area contributed by atoms with Crippen LogP contribution in [0, 0.1) is 0 Å². The highest BCUT2D eigenvalue weighted by molar-refractivity contribution is 7.99. The van der Waals surface area contributed by atoms with Gasteiger partial charge in [-0.1, -0.05) is 54.2 Å². The fourth-order valence-electron chi connectivity index (χ4n) is 2.25. The number of amides is 3. The van der Waals surface area contributed by atoms with Crippen molar-refractivity contribution < 1.29 is 9.59 Å². The number of rotatable bonds is 6. The number of thioether (sulfide) groups is 1. The second-order valence-electron chi connectivity index (χ2n) is 5.37. The number of nitrogens with zero attached hydrogens (tertiary/aromatic N) is 1. The molecule has 0 atom stereocenters. The number of hydrogen-bond donors (Lipinski definition) is 3. The third kappa shape index (κ3) is 5.09. The second kappa shape index (κ2) is 8.34. The Hall–Kier alpha value is -2.80. The molecular weight excluding hydrogens is 336 g/mol. The lowest BCUT2D eigenvalue weighted by molar-refractivity contribution is -0.119. The largest absolute Gasteiger partial charge is 0.334 e. The van der Waals surface area contributed by atoms with E-state index < -0.39 is 6.03 Å². The van der Waals surface area contributed by atoms with Gasteiger partial charge >= 0.3 is 6.03 Å². The average molecular weight is 354 g/mol. The van der Waals surface area contributed by atoms with Crippen molar-refractivity contribution in [2.24, 2.45) is 0 Å². The van der Waals surface area contributed by atoms with E-state index in [-0.39, 0.29) is 12.3 Å². The predicted molar refractivity (Wildman–Crippen MR) is 98.3 cm³/mol. The van der Waals surface area contributed by atoms with E-state index >= 15 is 0 Å². The first-order valence-corrected chi connectivity index (χ1v) is 8.88. The first-order chi connectivity index (χ1) is 12.2. The third-order valence-electron chi connectivity index (χ3n) is 3.48. The number of carbonyl (C=O) groups is 2. The first kappa shape index (κ1) is 17.0. The van der Waals surface area contributed by atoms with Crippen molar-refractivity contribution in [2.75, 3.05) is 5.75 Å². The Kier molecular flexibility index (Phi) is 5.69. The SMILES string of the molecule is O=C(CCSc1nc2ccccc2[nH]1)NC(=O)NCc1ccccc1. The van der Waals surface area contributed by atoms with Crippen LogP contribution in [0.1, 0.15) is 12.0 Å². The molecule has 0 saturated carbocycles. The highest BCUT2D eigenvalue weighted by atomic mass is 32.2. The van der Waals surface area contributed by atoms with Crippen molar-refractivity contribution in [2.45, 2.75) is 18.1 Å². The van der Waals surface area contributed by atoms with Gasteiger partial charge in [0.1, 0.15) is 0 Å². The Morgan fingerprint density at radius 2 is 1.80 bits per heavy atom. The summed E-state index contributed by atoms with van der Waals surface area (Å²) in [5.41, 5.74) is 2.84. The fraction of sp³-hybridized carbons (Fsp3) is 0.167. The van der Waals surface area contributed by atoms with Crippen molar-refractivity contribution in [3.8, 4) is 0 Å². The molecule has 0 radical (unpaired) electrons. The average Bonchev–Trinajstić information content (AvgIpc) is 3.03. The molecule has 3 aromatic rings. The van der Waals surface area contributed by atoms with Gasteiger partial charge in [0.25, 0.3) is 0 Å². The molecule has 6 nitrogen and oxygen atoms in total. The number of hydrogen-bond acceptors (Lipinski definition) is 4. The summed E-state index contributed by atoms with van der Waals surface area (Å²) in [6.45, 7) is 0.383. The van der Waals surface area contributed by atoms with Gasteiger partial charge in [0.05, 0.1) is 11.0 Å². The van der Waals surface area contributed by atoms with Crippen LogP contribution < -0.4 is 10.6 Å². The number of para-hydroxylation sites is 2. The van der Waals surface area contributed by atoms with Crippen LogP contribution in [0.3, 0.4) is 0 Å². The number of carbonyl (C=O) groups excluding carboxylic acids is 2. The molecule has 2 aromatic carbocycles. The molecule has 7 heteroatoms. The highest BCUT2D eigenvalue weighted by Gasteiger charge is 2.09. The summed E-state index contributed by atoms with van der Waals surface area (Å²) in [5, 5.41) is 5.76. The van der Waals surface area contributed by atoms with Crippen molar-refractivity contribution in [1.29, 1.82) is 0 Å². The van der Waals surface area contributed by atoms with Gasteiger partial charge in [-0.05, 0) is 17.7 Å². The maximum atomic E-state index is 11.8. The zero-order valence-electron chi connectivity index (χ0n) is 13.5. The lowest BCUT2D eigenvalue weighted by Gasteiger charge is -2.06. The van der Waals surface area contributed by atoms with Crippen LogP contribution in [-0.4, -0.2) is 27.7 Å². The van der Waals surface area contributed by atoms with Crippen LogP contribution in [-0.2, 0) is 11.3 Å². The quantitative estimate of drug-likeness (QED) is 0.594. The molecule has 0 fully saturated rings. The van der Waals surface area contributed by atoms with Gasteiger partial charge in [-0.3, -0.25) is 10.1 Å². The topological polar surface area (TPSA) is 86.9 Å². The molecule has 0 saturated heterocycles. The molecule has 0 spiro atoms. The number of H-pyrrole nitrogens is 1. The normalized spacial score (nSPS) is 10.6. The summed E-state index contributed by atoms with van der Waals surface area (Å²) < 4.78 is 0. The van der Waals surface area contributed by atoms with E-state index in [1.165, 1.54) is 11.8 Å². The van der Waals surface area contributed by atoms with E-state index in [1.807, 2.05) is 54.6 Å². The molecule has 0 aliphatic carbocycles. The Bertz CT molecular complexity index is 831. The van der Waals surface area contributed by atoms with Crippen molar-refractivity contribution in [3.63, 3.8) is 0 Å². The molecular formula is C18H18N4O2S. The minimum Gasteiger partial charge on any atom is -0.334 e. The van der Waals surface area contributed by atoms with Gasteiger partial charge in [0, 0.05) is 18.7 Å². The maximum absolute atomic E-state index is 11.8. The Labute approximate surface area is 149 Å². The smallest absolute Gasteiger partial charge is 0.321 e. The third-order valence-corrected chi connectivity index (χ3v) is 4.36. The van der Waals surface area contributed by atoms with E-state index in [9.17, 15) is 9.59 Å². The van der Waals surface area contributed by atoms with E-state index in [0.717, 1.165) is 21.8 Å². The number of aromatic nitrogens is 2. The lowest BCUT2D eigenvalue weighted by atomic mass is 10.2. The molecule has 3 amide bonds. The predicted octanol–water partition coefficient (Wildman–Crippen LogP) is 3.07. The minimum absolute atomic E-state index is 0.237. The number of aromatic amines is 1. The molecule has 1 heterocycles. The summed E-state index contributed by atoms with van der Waals surface area (Å²) in [7, 11) is 0. The molecule has 3 N–H and O–H groups in total. The van der Waals surface area contributed by atoms with Crippen LogP contribution in [0.4, 0.5) is 4.79 Å². The van der Waals surface area contributed by atoms with Gasteiger partial charge in [0.15, 0.2) is 5.16 Å². The van der Waals surface area contributed by atoms with Gasteiger partial charge in [0.2, 0.25) is 5.91 Å². The monoisotopic (exact) mass is 354 g/mol. The van der Waals surface area contributed by atoms with Crippen LogP contribution in [0.5, 0.6) is 0 Å². The first-order valence-electron chi connectivity index (χ1n) is 7.90. The minimum atomic E-state index is -0.484. The van der Waals surface area contributed by atoms with Gasteiger partial charge in [-0.2, -0.15) is 0 Å². The van der Waals surface area contributed by atoms with E-state index in [1.54, 1.807) is 0 Å². The number of benzene rings is 2. The van der Waals surface area contributed by atoms with Crippen LogP contribution in [0.2, 0.25) is 0 Å². The molecule has 3 rings (SSSR count). The molecule has 0 aliphatic heterocycles. The summed E-state index contributed by atoms with van der Waals surface area (Å²) >= 11 is 1.45. The molecule has 0 unspecified atom stereocenters. The molecule has 25 heavy (non-hydrogen) atoms. The van der Waals surface area contributed by atoms with Gasteiger partial charge < -0.3 is 10.3 Å². The summed E-state index contributed by atoms with van der Waals surface area (Å²) in [6.07, 6.45) is 0.237. The second-order valence-corrected chi connectivity index (χ2v) is 6.46. The number of nitrogens with one attached hydrogen (secondary N) is 3. The molecule has 128 valence electrons. The van der Waals surface area contributed by atoms with E-state index in [0.29, 0.717) is 12.3 Å². The Morgan fingerprint density at radius 3 is 2.60 bits per heavy atom. The number of urea groups is 1. The number of imide groups is 1. The summed E-state index contributed by atoms with van der Waals surface area (Å²) in [5.74, 6) is 0.228. The van der Waals surface area contributed by atoms with E-state index in [2.05, 4.69) is 20.6 Å². The highest BCUT2D eigenvalue weighted by Crippen LogP contribution is 2.19. The van der Waals surface area contributed by atoms with E-state index in [4.69, 9.17) is 0 Å². The maximum Gasteiger partial charge on any atom is 0.321 e. The molecule has 0 bridgehead atoms. The number of fused-ring (bicyclic) bond motifs is 1. The van der Waals surface area contributed by atoms with Crippen LogP contribution in [0.15, 0.2) is 59.8 Å². The fourth-order valence-corrected chi connectivity index (χ4v) is 3.08. The van der Waals surface area contributed by atoms with Crippen molar-refractivity contribution in [3.05, 3.63) is 60.2 Å². The zero-order chi connectivity index (χ0) is 17.5. The van der Waals surface area contributed by atoms with Gasteiger partial charge in [-0.25, -0.2) is 9.78 Å². The van der Waals surface area contributed by atoms with Crippen molar-refractivity contribution in [1.82, 2.24) is 20.6 Å². The van der Waals surface area contributed by atoms with Crippen molar-refractivity contribution >= 4 is 34.7 Å². The lowest BCUT2D eigenvalue weighted by Crippen LogP contribution is -2.39. The molecule has 0 aliphatic rings. The standard InChI is InChI=1S/C18H18N4O2S/c23-16(22-17(24)19-12-13-6-2-1-3-7-13)10-11-25-18-20-14-8-4-5-9-15(14)21-18/h1-9H,10-12H2,(H,20,21)(H2,19,22,23,24). The summed E-state index contributed by atoms with van der Waals surface area (Å²) in [6, 6.07) is 16.8.